The van der Waals surface area contributed by atoms with Crippen molar-refractivity contribution in [3.63, 3.8) is 0 Å². The van der Waals surface area contributed by atoms with Crippen LogP contribution < -0.4 is 10.6 Å². The minimum absolute atomic E-state index is 0.0264. The van der Waals surface area contributed by atoms with E-state index in [9.17, 15) is 9.59 Å². The highest BCUT2D eigenvalue weighted by molar-refractivity contribution is 6.02. The maximum Gasteiger partial charge on any atom is 0.275 e. The number of amides is 2. The summed E-state index contributed by atoms with van der Waals surface area (Å²) in [6.45, 7) is 0. The van der Waals surface area contributed by atoms with Gasteiger partial charge in [0.15, 0.2) is 0 Å². The monoisotopic (exact) mass is 325 g/mol. The lowest BCUT2D eigenvalue weighted by Crippen LogP contribution is -2.25. The molecular formula is C17H19N5O2. The zero-order chi connectivity index (χ0) is 16.8. The molecule has 2 N–H and O–H groups in total. The number of hydrogen-bond acceptors (Lipinski definition) is 5. The van der Waals surface area contributed by atoms with Gasteiger partial charge in [0.25, 0.3) is 5.91 Å². The van der Waals surface area contributed by atoms with Gasteiger partial charge >= 0.3 is 0 Å². The first-order valence-corrected chi connectivity index (χ1v) is 8.06. The first-order valence-electron chi connectivity index (χ1n) is 8.06. The molecule has 2 aromatic rings. The average molecular weight is 325 g/mol. The van der Waals surface area contributed by atoms with E-state index in [-0.39, 0.29) is 23.4 Å². The van der Waals surface area contributed by atoms with Crippen LogP contribution in [0, 0.1) is 5.92 Å². The van der Waals surface area contributed by atoms with Crippen molar-refractivity contribution in [1.82, 2.24) is 15.0 Å². The average Bonchev–Trinajstić information content (AvgIpc) is 2.65. The number of anilines is 2. The van der Waals surface area contributed by atoms with Crippen molar-refractivity contribution in [2.45, 2.75) is 32.1 Å². The van der Waals surface area contributed by atoms with Crippen LogP contribution in [0.25, 0.3) is 0 Å². The van der Waals surface area contributed by atoms with E-state index in [2.05, 4.69) is 25.6 Å². The highest BCUT2D eigenvalue weighted by Gasteiger charge is 2.21. The Kier molecular flexibility index (Phi) is 5.10. The second kappa shape index (κ2) is 7.63. The number of nitrogens with zero attached hydrogens (tertiary/aromatic N) is 3. The molecule has 2 heterocycles. The van der Waals surface area contributed by atoms with Gasteiger partial charge in [0.05, 0.1) is 18.1 Å². The van der Waals surface area contributed by atoms with Crippen LogP contribution in [0.3, 0.4) is 0 Å². The van der Waals surface area contributed by atoms with Gasteiger partial charge in [-0.25, -0.2) is 9.97 Å². The van der Waals surface area contributed by atoms with Crippen LogP contribution in [-0.4, -0.2) is 26.8 Å². The molecule has 124 valence electrons. The lowest BCUT2D eigenvalue weighted by molar-refractivity contribution is -0.120. The first kappa shape index (κ1) is 16.0. The van der Waals surface area contributed by atoms with Gasteiger partial charge in [-0.3, -0.25) is 14.6 Å². The predicted octanol–water partition coefficient (Wildman–Crippen LogP) is 2.64. The van der Waals surface area contributed by atoms with Gasteiger partial charge in [0, 0.05) is 18.3 Å². The quantitative estimate of drug-likeness (QED) is 0.900. The SMILES string of the molecule is O=C(Nc1ccc(NC(=O)C2CCCCC2)nc1)c1cnccn1. The predicted molar refractivity (Wildman–Crippen MR) is 89.4 cm³/mol. The Labute approximate surface area is 139 Å². The van der Waals surface area contributed by atoms with Crippen LogP contribution in [0.1, 0.15) is 42.6 Å². The molecule has 0 bridgehead atoms. The molecule has 0 saturated heterocycles. The van der Waals surface area contributed by atoms with Crippen LogP contribution in [0.5, 0.6) is 0 Å². The molecule has 2 amide bonds. The van der Waals surface area contributed by atoms with Gasteiger partial charge < -0.3 is 10.6 Å². The van der Waals surface area contributed by atoms with Crippen molar-refractivity contribution in [1.29, 1.82) is 0 Å². The van der Waals surface area contributed by atoms with Gasteiger partial charge in [0.1, 0.15) is 11.5 Å². The van der Waals surface area contributed by atoms with E-state index >= 15 is 0 Å². The molecule has 1 aliphatic carbocycles. The molecule has 3 rings (SSSR count). The van der Waals surface area contributed by atoms with Crippen LogP contribution in [0.15, 0.2) is 36.9 Å². The molecule has 0 radical (unpaired) electrons. The normalized spacial score (nSPS) is 14.8. The lowest BCUT2D eigenvalue weighted by Gasteiger charge is -2.20. The maximum atomic E-state index is 12.2. The largest absolute Gasteiger partial charge is 0.319 e. The Bertz CT molecular complexity index is 697. The highest BCUT2D eigenvalue weighted by Crippen LogP contribution is 2.24. The summed E-state index contributed by atoms with van der Waals surface area (Å²) in [5.74, 6) is 0.238. The molecule has 0 aliphatic heterocycles. The Morgan fingerprint density at radius 2 is 1.79 bits per heavy atom. The summed E-state index contributed by atoms with van der Waals surface area (Å²) in [7, 11) is 0. The van der Waals surface area contributed by atoms with Crippen molar-refractivity contribution >= 4 is 23.3 Å². The van der Waals surface area contributed by atoms with E-state index in [1.54, 1.807) is 12.1 Å². The molecule has 24 heavy (non-hydrogen) atoms. The zero-order valence-corrected chi connectivity index (χ0v) is 13.2. The topological polar surface area (TPSA) is 96.9 Å². The summed E-state index contributed by atoms with van der Waals surface area (Å²) in [6, 6.07) is 3.37. The smallest absolute Gasteiger partial charge is 0.275 e. The fourth-order valence-electron chi connectivity index (χ4n) is 2.75. The van der Waals surface area contributed by atoms with Crippen molar-refractivity contribution < 1.29 is 9.59 Å². The lowest BCUT2D eigenvalue weighted by atomic mass is 9.89. The number of carbonyl (C=O) groups is 2. The molecule has 7 nitrogen and oxygen atoms in total. The van der Waals surface area contributed by atoms with Gasteiger partial charge in [-0.05, 0) is 25.0 Å². The summed E-state index contributed by atoms with van der Waals surface area (Å²) in [5.41, 5.74) is 0.758. The van der Waals surface area contributed by atoms with Gasteiger partial charge in [0.2, 0.25) is 5.91 Å². The van der Waals surface area contributed by atoms with Gasteiger partial charge in [-0.1, -0.05) is 19.3 Å². The van der Waals surface area contributed by atoms with Crippen molar-refractivity contribution in [2.75, 3.05) is 10.6 Å². The van der Waals surface area contributed by atoms with Crippen LogP contribution in [0.2, 0.25) is 0 Å². The highest BCUT2D eigenvalue weighted by atomic mass is 16.2. The Morgan fingerprint density at radius 1 is 0.958 bits per heavy atom. The summed E-state index contributed by atoms with van der Waals surface area (Å²) in [4.78, 5) is 36.1. The van der Waals surface area contributed by atoms with Crippen molar-refractivity contribution in [3.8, 4) is 0 Å². The fourth-order valence-corrected chi connectivity index (χ4v) is 2.75. The summed E-state index contributed by atoms with van der Waals surface area (Å²) >= 11 is 0. The molecule has 0 aromatic carbocycles. The minimum Gasteiger partial charge on any atom is -0.319 e. The molecule has 1 fully saturated rings. The second-order valence-corrected chi connectivity index (χ2v) is 5.80. The van der Waals surface area contributed by atoms with E-state index in [1.807, 2.05) is 0 Å². The Morgan fingerprint density at radius 3 is 2.46 bits per heavy atom. The van der Waals surface area contributed by atoms with Gasteiger partial charge in [-0.2, -0.15) is 0 Å². The molecule has 0 spiro atoms. The molecule has 1 aliphatic rings. The van der Waals surface area contributed by atoms with Crippen molar-refractivity contribution in [3.05, 3.63) is 42.6 Å². The third kappa shape index (κ3) is 4.13. The summed E-state index contributed by atoms with van der Waals surface area (Å²) in [6.07, 6.45) is 11.2. The molecule has 0 atom stereocenters. The number of hydrogen-bond donors (Lipinski definition) is 2. The number of rotatable bonds is 4. The van der Waals surface area contributed by atoms with E-state index in [0.717, 1.165) is 25.7 Å². The van der Waals surface area contributed by atoms with Crippen LogP contribution in [-0.2, 0) is 4.79 Å². The third-order valence-corrected chi connectivity index (χ3v) is 4.04. The van der Waals surface area contributed by atoms with E-state index in [4.69, 9.17) is 0 Å². The van der Waals surface area contributed by atoms with E-state index < -0.39 is 0 Å². The summed E-state index contributed by atoms with van der Waals surface area (Å²) < 4.78 is 0. The maximum absolute atomic E-state index is 12.2. The number of carbonyl (C=O) groups excluding carboxylic acids is 2. The van der Waals surface area contributed by atoms with Crippen LogP contribution in [0.4, 0.5) is 11.5 Å². The molecule has 7 heteroatoms. The summed E-state index contributed by atoms with van der Waals surface area (Å²) in [5, 5.41) is 5.52. The minimum atomic E-state index is -0.358. The molecule has 0 unspecified atom stereocenters. The van der Waals surface area contributed by atoms with Gasteiger partial charge in [-0.15, -0.1) is 0 Å². The van der Waals surface area contributed by atoms with Crippen LogP contribution >= 0.6 is 0 Å². The Balaban J connectivity index is 1.57. The molecule has 2 aromatic heterocycles. The zero-order valence-electron chi connectivity index (χ0n) is 13.2. The Hall–Kier alpha value is -2.83. The molecule has 1 saturated carbocycles. The standard InChI is InChI=1S/C17H19N5O2/c23-16(12-4-2-1-3-5-12)22-15-7-6-13(10-20-15)21-17(24)14-11-18-8-9-19-14/h6-12H,1-5H2,(H,21,24)(H,20,22,23). The molecular weight excluding hydrogens is 306 g/mol. The number of aromatic nitrogens is 3. The van der Waals surface area contributed by atoms with E-state index in [0.29, 0.717) is 11.5 Å². The first-order chi connectivity index (χ1) is 11.7. The van der Waals surface area contributed by atoms with Crippen molar-refractivity contribution in [2.24, 2.45) is 5.92 Å². The number of nitrogens with one attached hydrogen (secondary N) is 2. The second-order valence-electron chi connectivity index (χ2n) is 5.80. The third-order valence-electron chi connectivity index (χ3n) is 4.04. The number of pyridine rings is 1. The van der Waals surface area contributed by atoms with E-state index in [1.165, 1.54) is 31.2 Å². The fraction of sp³-hybridized carbons (Fsp3) is 0.353.